The van der Waals surface area contributed by atoms with Crippen LogP contribution >= 0.6 is 0 Å². The number of carbonyl (C=O) groups is 1. The molecule has 1 heterocycles. The smallest absolute Gasteiger partial charge is 0.254 e. The second-order valence-electron chi connectivity index (χ2n) is 6.05. The summed E-state index contributed by atoms with van der Waals surface area (Å²) in [4.78, 5) is 15.0. The molecule has 140 valence electrons. The van der Waals surface area contributed by atoms with Gasteiger partial charge >= 0.3 is 0 Å². The summed E-state index contributed by atoms with van der Waals surface area (Å²) in [5, 5.41) is 0. The topological polar surface area (TPSA) is 57.2 Å². The molecule has 1 aliphatic rings. The number of hydrogen-bond acceptors (Lipinski definition) is 5. The van der Waals surface area contributed by atoms with Crippen LogP contribution in [-0.4, -0.2) is 55.9 Å². The molecule has 1 saturated heterocycles. The van der Waals surface area contributed by atoms with Crippen LogP contribution in [0.15, 0.2) is 12.1 Å². The van der Waals surface area contributed by atoms with Gasteiger partial charge in [-0.2, -0.15) is 0 Å². The van der Waals surface area contributed by atoms with Crippen molar-refractivity contribution < 1.29 is 23.7 Å². The summed E-state index contributed by atoms with van der Waals surface area (Å²) in [6, 6.07) is 3.53. The molecule has 2 unspecified atom stereocenters. The third-order valence-corrected chi connectivity index (χ3v) is 4.06. The number of hydrogen-bond donors (Lipinski definition) is 0. The maximum atomic E-state index is 13.1. The highest BCUT2D eigenvalue weighted by Gasteiger charge is 2.31. The Hall–Kier alpha value is -1.95. The molecule has 1 fully saturated rings. The van der Waals surface area contributed by atoms with Crippen LogP contribution in [0.25, 0.3) is 0 Å². The quantitative estimate of drug-likeness (QED) is 0.755. The number of nitrogens with zero attached hydrogens (tertiary/aromatic N) is 1. The minimum Gasteiger partial charge on any atom is -0.490 e. The van der Waals surface area contributed by atoms with Crippen molar-refractivity contribution in [2.45, 2.75) is 46.7 Å². The van der Waals surface area contributed by atoms with E-state index in [1.807, 2.05) is 39.5 Å². The number of morpholine rings is 1. The standard InChI is InChI=1S/C19H29NO5/c1-6-23-16-9-15(10-17(24-7-2)18(16)25-8-3)19(21)20-13(4)11-22-12-14(20)5/h9-10,13-14H,6-8,11-12H2,1-5H3. The monoisotopic (exact) mass is 351 g/mol. The maximum absolute atomic E-state index is 13.1. The van der Waals surface area contributed by atoms with Crippen LogP contribution in [0.3, 0.4) is 0 Å². The third-order valence-electron chi connectivity index (χ3n) is 4.06. The van der Waals surface area contributed by atoms with Gasteiger partial charge in [-0.1, -0.05) is 0 Å². The van der Waals surface area contributed by atoms with Crippen molar-refractivity contribution in [1.29, 1.82) is 0 Å². The molecule has 6 heteroatoms. The first-order valence-corrected chi connectivity index (χ1v) is 9.00. The Morgan fingerprint density at radius 2 is 1.48 bits per heavy atom. The van der Waals surface area contributed by atoms with Crippen LogP contribution in [-0.2, 0) is 4.74 Å². The third kappa shape index (κ3) is 4.37. The van der Waals surface area contributed by atoms with Crippen molar-refractivity contribution in [3.8, 4) is 17.2 Å². The Morgan fingerprint density at radius 1 is 1.00 bits per heavy atom. The van der Waals surface area contributed by atoms with Crippen molar-refractivity contribution in [2.75, 3.05) is 33.0 Å². The van der Waals surface area contributed by atoms with E-state index >= 15 is 0 Å². The minimum absolute atomic E-state index is 0.0221. The van der Waals surface area contributed by atoms with Gasteiger partial charge < -0.3 is 23.8 Å². The molecule has 0 bridgehead atoms. The predicted octanol–water partition coefficient (Wildman–Crippen LogP) is 3.13. The fourth-order valence-corrected chi connectivity index (χ4v) is 3.07. The Kier molecular flexibility index (Phi) is 6.93. The number of rotatable bonds is 7. The maximum Gasteiger partial charge on any atom is 0.254 e. The summed E-state index contributed by atoms with van der Waals surface area (Å²) in [5.41, 5.74) is 0.538. The van der Waals surface area contributed by atoms with E-state index in [-0.39, 0.29) is 18.0 Å². The fraction of sp³-hybridized carbons (Fsp3) is 0.632. The molecule has 25 heavy (non-hydrogen) atoms. The van der Waals surface area contributed by atoms with Crippen LogP contribution in [0.4, 0.5) is 0 Å². The zero-order valence-electron chi connectivity index (χ0n) is 15.8. The lowest BCUT2D eigenvalue weighted by Crippen LogP contribution is -2.52. The molecule has 6 nitrogen and oxygen atoms in total. The first-order chi connectivity index (χ1) is 12.0. The predicted molar refractivity (Wildman–Crippen MR) is 95.9 cm³/mol. The zero-order valence-corrected chi connectivity index (χ0v) is 15.8. The Balaban J connectivity index is 2.43. The van der Waals surface area contributed by atoms with Gasteiger partial charge in [0.1, 0.15) is 0 Å². The molecule has 0 aliphatic carbocycles. The molecule has 0 N–H and O–H groups in total. The summed E-state index contributed by atoms with van der Waals surface area (Å²) in [6.45, 7) is 12.2. The first-order valence-electron chi connectivity index (χ1n) is 9.00. The highest BCUT2D eigenvalue weighted by molar-refractivity contribution is 5.96. The van der Waals surface area contributed by atoms with E-state index in [2.05, 4.69) is 0 Å². The lowest BCUT2D eigenvalue weighted by Gasteiger charge is -2.39. The van der Waals surface area contributed by atoms with Crippen molar-refractivity contribution in [1.82, 2.24) is 4.90 Å². The Bertz CT molecular complexity index is 552. The van der Waals surface area contributed by atoms with Crippen LogP contribution in [0.1, 0.15) is 45.0 Å². The normalized spacial score (nSPS) is 20.3. The van der Waals surface area contributed by atoms with E-state index in [1.165, 1.54) is 0 Å². The Labute approximate surface area is 150 Å². The van der Waals surface area contributed by atoms with E-state index in [9.17, 15) is 4.79 Å². The van der Waals surface area contributed by atoms with Crippen LogP contribution in [0.2, 0.25) is 0 Å². The van der Waals surface area contributed by atoms with Gasteiger partial charge in [0.05, 0.1) is 45.1 Å². The molecule has 1 aromatic rings. The number of ether oxygens (including phenoxy) is 4. The molecule has 2 rings (SSSR count). The minimum atomic E-state index is -0.0479. The summed E-state index contributed by atoms with van der Waals surface area (Å²) in [6.07, 6.45) is 0. The highest BCUT2D eigenvalue weighted by Crippen LogP contribution is 2.39. The number of carbonyl (C=O) groups excluding carboxylic acids is 1. The van der Waals surface area contributed by atoms with E-state index < -0.39 is 0 Å². The molecule has 1 amide bonds. The van der Waals surface area contributed by atoms with Gasteiger partial charge in [-0.25, -0.2) is 0 Å². The SMILES string of the molecule is CCOc1cc(C(=O)N2C(C)COCC2C)cc(OCC)c1OCC. The second kappa shape index (κ2) is 8.94. The largest absolute Gasteiger partial charge is 0.490 e. The summed E-state index contributed by atoms with van der Waals surface area (Å²) >= 11 is 0. The lowest BCUT2D eigenvalue weighted by molar-refractivity contribution is -0.0249. The van der Waals surface area contributed by atoms with Crippen molar-refractivity contribution in [3.63, 3.8) is 0 Å². The molecule has 0 radical (unpaired) electrons. The van der Waals surface area contributed by atoms with Gasteiger partial charge in [-0.15, -0.1) is 0 Å². The fourth-order valence-electron chi connectivity index (χ4n) is 3.07. The van der Waals surface area contributed by atoms with Crippen molar-refractivity contribution in [3.05, 3.63) is 17.7 Å². The second-order valence-corrected chi connectivity index (χ2v) is 6.05. The molecular formula is C19H29NO5. The number of amides is 1. The molecule has 1 aliphatic heterocycles. The van der Waals surface area contributed by atoms with Crippen molar-refractivity contribution in [2.24, 2.45) is 0 Å². The summed E-state index contributed by atoms with van der Waals surface area (Å²) < 4.78 is 22.6. The average molecular weight is 351 g/mol. The highest BCUT2D eigenvalue weighted by atomic mass is 16.5. The molecule has 2 atom stereocenters. The lowest BCUT2D eigenvalue weighted by atomic mass is 10.1. The average Bonchev–Trinajstić information content (AvgIpc) is 2.57. The van der Waals surface area contributed by atoms with Gasteiger partial charge in [-0.05, 0) is 46.8 Å². The molecule has 0 saturated carbocycles. The molecule has 1 aromatic carbocycles. The van der Waals surface area contributed by atoms with Crippen LogP contribution < -0.4 is 14.2 Å². The molecule has 0 aromatic heterocycles. The van der Waals surface area contributed by atoms with E-state index in [0.717, 1.165) is 0 Å². The van der Waals surface area contributed by atoms with Gasteiger partial charge in [0.15, 0.2) is 11.5 Å². The molecular weight excluding hydrogens is 322 g/mol. The number of benzene rings is 1. The van der Waals surface area contributed by atoms with Gasteiger partial charge in [-0.3, -0.25) is 4.79 Å². The van der Waals surface area contributed by atoms with E-state index in [0.29, 0.717) is 55.8 Å². The van der Waals surface area contributed by atoms with Gasteiger partial charge in [0.2, 0.25) is 5.75 Å². The van der Waals surface area contributed by atoms with Gasteiger partial charge in [0.25, 0.3) is 5.91 Å². The van der Waals surface area contributed by atoms with E-state index in [1.54, 1.807) is 12.1 Å². The summed E-state index contributed by atoms with van der Waals surface area (Å²) in [7, 11) is 0. The molecule has 0 spiro atoms. The Morgan fingerprint density at radius 3 is 1.92 bits per heavy atom. The first kappa shape index (κ1) is 19.4. The van der Waals surface area contributed by atoms with Gasteiger partial charge in [0, 0.05) is 5.56 Å². The van der Waals surface area contributed by atoms with Crippen LogP contribution in [0.5, 0.6) is 17.2 Å². The van der Waals surface area contributed by atoms with Crippen LogP contribution in [0, 0.1) is 0 Å². The van der Waals surface area contributed by atoms with Crippen molar-refractivity contribution >= 4 is 5.91 Å². The summed E-state index contributed by atoms with van der Waals surface area (Å²) in [5.74, 6) is 1.57. The van der Waals surface area contributed by atoms with E-state index in [4.69, 9.17) is 18.9 Å². The zero-order chi connectivity index (χ0) is 18.4.